The molecule has 0 aliphatic heterocycles. The van der Waals surface area contributed by atoms with Gasteiger partial charge in [-0.05, 0) is 48.9 Å². The van der Waals surface area contributed by atoms with Crippen LogP contribution in [0.5, 0.6) is 0 Å². The highest BCUT2D eigenvalue weighted by atomic mass is 32.2. The van der Waals surface area contributed by atoms with Gasteiger partial charge in [-0.25, -0.2) is 8.42 Å². The SMILES string of the molecule is C[C@@H](c1cccc(NC(=O)c2ccccc2)c1)N(C)S(=O)(=O)c1ccccc1C#N. The molecule has 0 aromatic heterocycles. The standard InChI is InChI=1S/C23H21N3O3S/c1-17(26(2)30(28,29)22-14-7-6-11-20(22)16-24)19-12-8-13-21(15-19)25-23(27)18-9-4-3-5-10-18/h3-15,17H,1-2H3,(H,25,27)/t17-/m0/s1. The van der Waals surface area contributed by atoms with Crippen molar-refractivity contribution in [3.05, 3.63) is 95.6 Å². The van der Waals surface area contributed by atoms with E-state index in [4.69, 9.17) is 0 Å². The van der Waals surface area contributed by atoms with Gasteiger partial charge in [0, 0.05) is 24.3 Å². The average molecular weight is 420 g/mol. The quantitative estimate of drug-likeness (QED) is 0.649. The van der Waals surface area contributed by atoms with Crippen LogP contribution in [0.3, 0.4) is 0 Å². The first-order valence-electron chi connectivity index (χ1n) is 9.28. The maximum Gasteiger partial charge on any atom is 0.255 e. The maximum atomic E-state index is 13.1. The zero-order valence-electron chi connectivity index (χ0n) is 16.6. The second-order valence-corrected chi connectivity index (χ2v) is 8.72. The van der Waals surface area contributed by atoms with Crippen LogP contribution in [-0.4, -0.2) is 25.7 Å². The summed E-state index contributed by atoms with van der Waals surface area (Å²) < 4.78 is 27.4. The van der Waals surface area contributed by atoms with Crippen molar-refractivity contribution in [1.82, 2.24) is 4.31 Å². The van der Waals surface area contributed by atoms with Crippen molar-refractivity contribution in [3.63, 3.8) is 0 Å². The van der Waals surface area contributed by atoms with Gasteiger partial charge in [-0.1, -0.05) is 42.5 Å². The van der Waals surface area contributed by atoms with Crippen molar-refractivity contribution in [2.24, 2.45) is 0 Å². The van der Waals surface area contributed by atoms with Crippen LogP contribution in [0.2, 0.25) is 0 Å². The van der Waals surface area contributed by atoms with E-state index in [2.05, 4.69) is 5.32 Å². The summed E-state index contributed by atoms with van der Waals surface area (Å²) in [5.74, 6) is -0.246. The number of carbonyl (C=O) groups is 1. The Kier molecular flexibility index (Phi) is 6.31. The predicted octanol–water partition coefficient (Wildman–Crippen LogP) is 4.19. The third-order valence-corrected chi connectivity index (χ3v) is 6.86. The molecule has 0 unspecified atom stereocenters. The predicted molar refractivity (Wildman–Crippen MR) is 115 cm³/mol. The van der Waals surface area contributed by atoms with Crippen LogP contribution in [0.25, 0.3) is 0 Å². The Bertz CT molecular complexity index is 1200. The number of amides is 1. The molecule has 1 atom stereocenters. The fourth-order valence-corrected chi connectivity index (χ4v) is 4.52. The summed E-state index contributed by atoms with van der Waals surface area (Å²) in [5, 5.41) is 12.1. The summed E-state index contributed by atoms with van der Waals surface area (Å²) in [6.07, 6.45) is 0. The molecule has 0 bridgehead atoms. The van der Waals surface area contributed by atoms with Crippen LogP contribution in [0, 0.1) is 11.3 Å². The summed E-state index contributed by atoms with van der Waals surface area (Å²) >= 11 is 0. The highest BCUT2D eigenvalue weighted by Gasteiger charge is 2.28. The number of anilines is 1. The molecular formula is C23H21N3O3S. The molecule has 0 saturated heterocycles. The summed E-state index contributed by atoms with van der Waals surface area (Å²) in [7, 11) is -2.41. The number of nitrogens with one attached hydrogen (secondary N) is 1. The Balaban J connectivity index is 1.85. The number of nitrogens with zero attached hydrogens (tertiary/aromatic N) is 2. The Morgan fingerprint density at radius 1 is 1.00 bits per heavy atom. The normalized spacial score (nSPS) is 12.2. The molecule has 0 heterocycles. The number of sulfonamides is 1. The Morgan fingerprint density at radius 3 is 2.37 bits per heavy atom. The minimum absolute atomic E-state index is 0.0321. The molecule has 3 aromatic rings. The third-order valence-electron chi connectivity index (χ3n) is 4.87. The number of benzene rings is 3. The van der Waals surface area contributed by atoms with E-state index in [0.717, 1.165) is 0 Å². The van der Waals surface area contributed by atoms with E-state index < -0.39 is 16.1 Å². The second kappa shape index (κ2) is 8.91. The van der Waals surface area contributed by atoms with Gasteiger partial charge in [0.25, 0.3) is 5.91 Å². The fraction of sp³-hybridized carbons (Fsp3) is 0.130. The molecule has 3 rings (SSSR count). The van der Waals surface area contributed by atoms with Crippen LogP contribution >= 0.6 is 0 Å². The zero-order chi connectivity index (χ0) is 21.7. The van der Waals surface area contributed by atoms with Gasteiger partial charge in [-0.15, -0.1) is 0 Å². The van der Waals surface area contributed by atoms with E-state index in [1.807, 2.05) is 12.1 Å². The number of nitriles is 1. The minimum Gasteiger partial charge on any atom is -0.322 e. The van der Waals surface area contributed by atoms with Crippen molar-refractivity contribution in [2.45, 2.75) is 17.9 Å². The molecule has 0 radical (unpaired) electrons. The van der Waals surface area contributed by atoms with Crippen LogP contribution in [0.15, 0.2) is 83.8 Å². The molecule has 6 nitrogen and oxygen atoms in total. The first kappa shape index (κ1) is 21.2. The molecule has 7 heteroatoms. The van der Waals surface area contributed by atoms with Crippen molar-refractivity contribution < 1.29 is 13.2 Å². The Morgan fingerprint density at radius 2 is 1.67 bits per heavy atom. The third kappa shape index (κ3) is 4.40. The lowest BCUT2D eigenvalue weighted by molar-refractivity contribution is 0.102. The molecule has 0 spiro atoms. The molecule has 1 amide bonds. The zero-order valence-corrected chi connectivity index (χ0v) is 17.4. The first-order chi connectivity index (χ1) is 14.3. The van der Waals surface area contributed by atoms with Crippen LogP contribution in [0.4, 0.5) is 5.69 Å². The van der Waals surface area contributed by atoms with Crippen LogP contribution in [-0.2, 0) is 10.0 Å². The van der Waals surface area contributed by atoms with Crippen LogP contribution in [0.1, 0.15) is 34.5 Å². The van der Waals surface area contributed by atoms with Crippen molar-refractivity contribution in [2.75, 3.05) is 12.4 Å². The van der Waals surface area contributed by atoms with E-state index >= 15 is 0 Å². The number of carbonyl (C=O) groups excluding carboxylic acids is 1. The van der Waals surface area contributed by atoms with Gasteiger partial charge >= 0.3 is 0 Å². The molecule has 1 N–H and O–H groups in total. The van der Waals surface area contributed by atoms with Gasteiger partial charge < -0.3 is 5.32 Å². The van der Waals surface area contributed by atoms with E-state index in [-0.39, 0.29) is 16.4 Å². The lowest BCUT2D eigenvalue weighted by atomic mass is 10.1. The molecule has 152 valence electrons. The highest BCUT2D eigenvalue weighted by Crippen LogP contribution is 2.28. The van der Waals surface area contributed by atoms with Crippen molar-refractivity contribution in [3.8, 4) is 6.07 Å². The van der Waals surface area contributed by atoms with E-state index in [9.17, 15) is 18.5 Å². The first-order valence-corrected chi connectivity index (χ1v) is 10.7. The molecule has 30 heavy (non-hydrogen) atoms. The van der Waals surface area contributed by atoms with E-state index in [1.165, 1.54) is 23.5 Å². The molecule has 0 saturated carbocycles. The molecular weight excluding hydrogens is 398 g/mol. The topological polar surface area (TPSA) is 90.3 Å². The number of hydrogen-bond donors (Lipinski definition) is 1. The largest absolute Gasteiger partial charge is 0.322 e. The molecule has 0 fully saturated rings. The van der Waals surface area contributed by atoms with Crippen LogP contribution < -0.4 is 5.32 Å². The Hall–Kier alpha value is -3.47. The summed E-state index contributed by atoms with van der Waals surface area (Å²) in [5.41, 5.74) is 1.90. The van der Waals surface area contributed by atoms with Gasteiger partial charge in [0.15, 0.2) is 0 Å². The second-order valence-electron chi connectivity index (χ2n) is 6.75. The van der Waals surface area contributed by atoms with Crippen molar-refractivity contribution in [1.29, 1.82) is 5.26 Å². The molecule has 3 aromatic carbocycles. The lowest BCUT2D eigenvalue weighted by Gasteiger charge is -2.25. The van der Waals surface area contributed by atoms with Gasteiger partial charge in [-0.3, -0.25) is 4.79 Å². The number of hydrogen-bond acceptors (Lipinski definition) is 4. The van der Waals surface area contributed by atoms with E-state index in [0.29, 0.717) is 16.8 Å². The summed E-state index contributed by atoms with van der Waals surface area (Å²) in [6.45, 7) is 1.75. The average Bonchev–Trinajstić information content (AvgIpc) is 2.78. The van der Waals surface area contributed by atoms with Crippen molar-refractivity contribution >= 4 is 21.6 Å². The summed E-state index contributed by atoms with van der Waals surface area (Å²) in [4.78, 5) is 12.4. The minimum atomic E-state index is -3.88. The molecule has 0 aliphatic rings. The van der Waals surface area contributed by atoms with E-state index in [1.54, 1.807) is 67.6 Å². The maximum absolute atomic E-state index is 13.1. The highest BCUT2D eigenvalue weighted by molar-refractivity contribution is 7.89. The van der Waals surface area contributed by atoms with Gasteiger partial charge in [0.1, 0.15) is 6.07 Å². The van der Waals surface area contributed by atoms with Gasteiger partial charge in [0.05, 0.1) is 10.5 Å². The molecule has 0 aliphatic carbocycles. The Labute approximate surface area is 176 Å². The van der Waals surface area contributed by atoms with Gasteiger partial charge in [0.2, 0.25) is 10.0 Å². The fourth-order valence-electron chi connectivity index (χ4n) is 3.03. The monoisotopic (exact) mass is 419 g/mol. The van der Waals surface area contributed by atoms with Gasteiger partial charge in [-0.2, -0.15) is 9.57 Å². The smallest absolute Gasteiger partial charge is 0.255 e. The summed E-state index contributed by atoms with van der Waals surface area (Å²) in [6, 6.07) is 23.4. The number of rotatable bonds is 6. The lowest BCUT2D eigenvalue weighted by Crippen LogP contribution is -2.30.